The Morgan fingerprint density at radius 2 is 2.27 bits per heavy atom. The fourth-order valence-electron chi connectivity index (χ4n) is 1.94. The van der Waals surface area contributed by atoms with Crippen LogP contribution in [0.3, 0.4) is 0 Å². The van der Waals surface area contributed by atoms with E-state index in [4.69, 9.17) is 5.73 Å². The van der Waals surface area contributed by atoms with E-state index in [2.05, 4.69) is 6.07 Å². The van der Waals surface area contributed by atoms with E-state index < -0.39 is 0 Å². The number of nitrogens with two attached hydrogens (primary N) is 1. The molecule has 1 aliphatic heterocycles. The number of nitrogens with zero attached hydrogens (tertiary/aromatic N) is 1. The van der Waals surface area contributed by atoms with Gasteiger partial charge in [0.15, 0.2) is 0 Å². The largest absolute Gasteiger partial charge is 0.320 e. The summed E-state index contributed by atoms with van der Waals surface area (Å²) in [5.41, 5.74) is 8.04. The molecular formula is C12H16N2O. The summed E-state index contributed by atoms with van der Waals surface area (Å²) in [6.07, 6.45) is 1.63. The number of amides is 1. The minimum absolute atomic E-state index is 0.0439. The van der Waals surface area contributed by atoms with Crippen LogP contribution in [0.25, 0.3) is 0 Å². The Labute approximate surface area is 89.9 Å². The lowest BCUT2D eigenvalue weighted by Crippen LogP contribution is -2.42. The highest BCUT2D eigenvalue weighted by molar-refractivity contribution is 5.98. The van der Waals surface area contributed by atoms with Crippen LogP contribution in [-0.4, -0.2) is 18.5 Å². The van der Waals surface area contributed by atoms with E-state index in [0.717, 1.165) is 18.7 Å². The lowest BCUT2D eigenvalue weighted by molar-refractivity contribution is -0.119. The van der Waals surface area contributed by atoms with Crippen molar-refractivity contribution in [2.75, 3.05) is 11.4 Å². The fraction of sp³-hybridized carbons (Fsp3) is 0.417. The average molecular weight is 204 g/mol. The highest BCUT2D eigenvalue weighted by Gasteiger charge is 2.26. The molecule has 2 rings (SSSR count). The molecule has 1 aromatic rings. The highest BCUT2D eigenvalue weighted by atomic mass is 16.2. The van der Waals surface area contributed by atoms with E-state index in [-0.39, 0.29) is 11.9 Å². The van der Waals surface area contributed by atoms with Crippen LogP contribution in [-0.2, 0) is 11.2 Å². The normalized spacial score (nSPS) is 16.3. The van der Waals surface area contributed by atoms with Crippen LogP contribution in [0.15, 0.2) is 24.3 Å². The van der Waals surface area contributed by atoms with Crippen LogP contribution in [0.4, 0.5) is 5.69 Å². The smallest absolute Gasteiger partial charge is 0.243 e. The average Bonchev–Trinajstić information content (AvgIpc) is 2.70. The van der Waals surface area contributed by atoms with Crippen molar-refractivity contribution in [2.45, 2.75) is 25.8 Å². The number of hydrogen-bond donors (Lipinski definition) is 1. The van der Waals surface area contributed by atoms with Crippen LogP contribution < -0.4 is 10.6 Å². The third kappa shape index (κ3) is 1.75. The number of fused-ring (bicyclic) bond motifs is 1. The first-order chi connectivity index (χ1) is 7.24. The molecule has 1 aliphatic rings. The maximum absolute atomic E-state index is 11.9. The molecule has 2 N–H and O–H groups in total. The third-order valence-electron chi connectivity index (χ3n) is 2.91. The van der Waals surface area contributed by atoms with Crippen molar-refractivity contribution < 1.29 is 4.79 Å². The van der Waals surface area contributed by atoms with E-state index in [1.165, 1.54) is 5.56 Å². The first-order valence-corrected chi connectivity index (χ1v) is 5.39. The Balaban J connectivity index is 2.24. The Kier molecular flexibility index (Phi) is 2.73. The van der Waals surface area contributed by atoms with Crippen molar-refractivity contribution in [1.82, 2.24) is 0 Å². The second-order valence-electron chi connectivity index (χ2n) is 3.88. The Morgan fingerprint density at radius 1 is 1.53 bits per heavy atom. The predicted molar refractivity (Wildman–Crippen MR) is 60.8 cm³/mol. The van der Waals surface area contributed by atoms with Crippen molar-refractivity contribution in [3.63, 3.8) is 0 Å². The van der Waals surface area contributed by atoms with Crippen LogP contribution in [0.1, 0.15) is 18.9 Å². The van der Waals surface area contributed by atoms with Gasteiger partial charge in [0.2, 0.25) is 5.91 Å². The molecule has 15 heavy (non-hydrogen) atoms. The fourth-order valence-corrected chi connectivity index (χ4v) is 1.94. The first kappa shape index (κ1) is 10.2. The van der Waals surface area contributed by atoms with Crippen LogP contribution in [0, 0.1) is 0 Å². The van der Waals surface area contributed by atoms with Crippen molar-refractivity contribution >= 4 is 11.6 Å². The number of para-hydroxylation sites is 1. The molecule has 3 nitrogen and oxygen atoms in total. The third-order valence-corrected chi connectivity index (χ3v) is 2.91. The van der Waals surface area contributed by atoms with Gasteiger partial charge in [0.1, 0.15) is 0 Å². The van der Waals surface area contributed by atoms with Crippen molar-refractivity contribution in [1.29, 1.82) is 0 Å². The number of benzene rings is 1. The maximum atomic E-state index is 11.9. The van der Waals surface area contributed by atoms with Gasteiger partial charge in [0, 0.05) is 12.2 Å². The molecule has 0 unspecified atom stereocenters. The number of carbonyl (C=O) groups excluding carboxylic acids is 1. The van der Waals surface area contributed by atoms with Crippen LogP contribution in [0.2, 0.25) is 0 Å². The van der Waals surface area contributed by atoms with Gasteiger partial charge in [-0.3, -0.25) is 4.79 Å². The van der Waals surface area contributed by atoms with Crippen LogP contribution in [0.5, 0.6) is 0 Å². The van der Waals surface area contributed by atoms with Gasteiger partial charge in [-0.15, -0.1) is 0 Å². The van der Waals surface area contributed by atoms with E-state index in [1.807, 2.05) is 30.0 Å². The first-order valence-electron chi connectivity index (χ1n) is 5.39. The summed E-state index contributed by atoms with van der Waals surface area (Å²) in [4.78, 5) is 13.7. The van der Waals surface area contributed by atoms with Crippen LogP contribution >= 0.6 is 0 Å². The van der Waals surface area contributed by atoms with Crippen molar-refractivity contribution in [3.8, 4) is 0 Å². The van der Waals surface area contributed by atoms with Gasteiger partial charge in [-0.05, 0) is 24.5 Å². The molecule has 0 saturated carbocycles. The molecule has 0 fully saturated rings. The summed E-state index contributed by atoms with van der Waals surface area (Å²) in [5, 5.41) is 0. The molecule has 0 aromatic heterocycles. The summed E-state index contributed by atoms with van der Waals surface area (Å²) < 4.78 is 0. The Hall–Kier alpha value is -1.35. The molecule has 0 aliphatic carbocycles. The second-order valence-corrected chi connectivity index (χ2v) is 3.88. The van der Waals surface area contributed by atoms with E-state index in [9.17, 15) is 4.79 Å². The number of carbonyl (C=O) groups is 1. The number of rotatable bonds is 2. The predicted octanol–water partition coefficient (Wildman–Crippen LogP) is 1.31. The van der Waals surface area contributed by atoms with Gasteiger partial charge >= 0.3 is 0 Å². The topological polar surface area (TPSA) is 46.3 Å². The summed E-state index contributed by atoms with van der Waals surface area (Å²) in [7, 11) is 0. The number of anilines is 1. The Bertz CT molecular complexity index is 376. The molecular weight excluding hydrogens is 188 g/mol. The van der Waals surface area contributed by atoms with Crippen molar-refractivity contribution in [2.24, 2.45) is 5.73 Å². The molecule has 1 atom stereocenters. The van der Waals surface area contributed by atoms with E-state index in [1.54, 1.807) is 0 Å². The highest BCUT2D eigenvalue weighted by Crippen LogP contribution is 2.27. The monoisotopic (exact) mass is 204 g/mol. The molecule has 1 amide bonds. The minimum atomic E-state index is -0.365. The maximum Gasteiger partial charge on any atom is 0.243 e. The quantitative estimate of drug-likeness (QED) is 0.789. The summed E-state index contributed by atoms with van der Waals surface area (Å²) in [6, 6.07) is 7.66. The SMILES string of the molecule is CC[C@@H](N)C(=O)N1CCc2ccccc21. The number of hydrogen-bond acceptors (Lipinski definition) is 2. The lowest BCUT2D eigenvalue weighted by atomic mass is 10.1. The second kappa shape index (κ2) is 4.03. The summed E-state index contributed by atoms with van der Waals surface area (Å²) in [6.45, 7) is 2.70. The molecule has 1 aromatic carbocycles. The molecule has 0 radical (unpaired) electrons. The zero-order valence-electron chi connectivity index (χ0n) is 8.94. The molecule has 3 heteroatoms. The van der Waals surface area contributed by atoms with E-state index >= 15 is 0 Å². The van der Waals surface area contributed by atoms with E-state index in [0.29, 0.717) is 6.42 Å². The minimum Gasteiger partial charge on any atom is -0.320 e. The van der Waals surface area contributed by atoms with Gasteiger partial charge in [0.05, 0.1) is 6.04 Å². The molecule has 0 saturated heterocycles. The van der Waals surface area contributed by atoms with Crippen molar-refractivity contribution in [3.05, 3.63) is 29.8 Å². The van der Waals surface area contributed by atoms with Gasteiger partial charge in [0.25, 0.3) is 0 Å². The summed E-state index contributed by atoms with van der Waals surface area (Å²) >= 11 is 0. The molecule has 1 heterocycles. The Morgan fingerprint density at radius 3 is 3.00 bits per heavy atom. The zero-order chi connectivity index (χ0) is 10.8. The molecule has 80 valence electrons. The van der Waals surface area contributed by atoms with Gasteiger partial charge < -0.3 is 10.6 Å². The molecule has 0 bridgehead atoms. The lowest BCUT2D eigenvalue weighted by Gasteiger charge is -2.20. The zero-order valence-corrected chi connectivity index (χ0v) is 8.94. The van der Waals surface area contributed by atoms with Gasteiger partial charge in [-0.1, -0.05) is 25.1 Å². The van der Waals surface area contributed by atoms with Gasteiger partial charge in [-0.2, -0.15) is 0 Å². The molecule has 0 spiro atoms. The summed E-state index contributed by atoms with van der Waals surface area (Å²) in [5.74, 6) is 0.0439. The standard InChI is InChI=1S/C12H16N2O/c1-2-10(13)12(15)14-8-7-9-5-3-4-6-11(9)14/h3-6,10H,2,7-8,13H2,1H3/t10-/m1/s1. The van der Waals surface area contributed by atoms with Gasteiger partial charge in [-0.25, -0.2) is 0 Å².